The zero-order chi connectivity index (χ0) is 28.0. The predicted octanol–water partition coefficient (Wildman–Crippen LogP) is 13.3. The highest BCUT2D eigenvalue weighted by molar-refractivity contribution is 5.66. The number of carboxylic acids is 1. The lowest BCUT2D eigenvalue weighted by Crippen LogP contribution is -1.93. The van der Waals surface area contributed by atoms with Crippen molar-refractivity contribution in [2.24, 2.45) is 0 Å². The largest absolute Gasteiger partial charge is 0.481 e. The van der Waals surface area contributed by atoms with Gasteiger partial charge in [-0.15, -0.1) is 0 Å². The second kappa shape index (κ2) is 47.6. The lowest BCUT2D eigenvalue weighted by Gasteiger charge is -1.98. The van der Waals surface area contributed by atoms with Crippen LogP contribution in [0.4, 0.5) is 0 Å². The van der Waals surface area contributed by atoms with Gasteiger partial charge in [-0.25, -0.2) is 0 Å². The van der Waals surface area contributed by atoms with Crippen LogP contribution < -0.4 is 0 Å². The summed E-state index contributed by atoms with van der Waals surface area (Å²) in [7, 11) is 0. The minimum absolute atomic E-state index is 0.341. The van der Waals surface area contributed by atoms with Crippen LogP contribution in [-0.4, -0.2) is 11.1 Å². The molecule has 2 nitrogen and oxygen atoms in total. The second-order valence-electron chi connectivity index (χ2n) is 10.5. The van der Waals surface area contributed by atoms with Crippen molar-refractivity contribution in [2.75, 3.05) is 0 Å². The molecule has 0 bridgehead atoms. The minimum Gasteiger partial charge on any atom is -0.481 e. The fourth-order valence-electron chi connectivity index (χ4n) is 3.79. The molecule has 0 aliphatic heterocycles. The van der Waals surface area contributed by atoms with Gasteiger partial charge >= 0.3 is 5.97 Å². The van der Waals surface area contributed by atoms with E-state index in [1.807, 2.05) is 0 Å². The Bertz CT molecular complexity index is 281. The molecule has 0 heterocycles. The lowest BCUT2D eigenvalue weighted by molar-refractivity contribution is -0.137. The Morgan fingerprint density at radius 2 is 0.500 bits per heavy atom. The third-order valence-corrected chi connectivity index (χ3v) is 6.37. The molecule has 1 N–H and O–H groups in total. The van der Waals surface area contributed by atoms with Gasteiger partial charge in [-0.3, -0.25) is 4.79 Å². The van der Waals surface area contributed by atoms with E-state index in [1.165, 1.54) is 148 Å². The maximum absolute atomic E-state index is 10.1. The predicted molar refractivity (Wildman–Crippen MR) is 167 cm³/mol. The van der Waals surface area contributed by atoms with Crippen molar-refractivity contribution in [1.29, 1.82) is 0 Å². The van der Waals surface area contributed by atoms with E-state index in [9.17, 15) is 4.79 Å². The molecule has 0 radical (unpaired) electrons. The van der Waals surface area contributed by atoms with Crippen molar-refractivity contribution in [3.8, 4) is 0 Å². The average Bonchev–Trinajstić information content (AvgIpc) is 2.88. The highest BCUT2D eigenvalue weighted by atomic mass is 16.4. The molecule has 0 aliphatic rings. The standard InChI is InChI=1S/C10H20O2.3C8H18/c1-2-3-4-5-6-7-8-9-10(11)12;3*1-3-5-7-8-6-4-2/h2-9H2,1H3,(H,11,12);3*3-8H2,1-2H3. The van der Waals surface area contributed by atoms with Crippen molar-refractivity contribution in [2.45, 2.75) is 215 Å². The van der Waals surface area contributed by atoms with Gasteiger partial charge in [0.15, 0.2) is 0 Å². The third kappa shape index (κ3) is 64.1. The molecule has 0 amide bonds. The average molecular weight is 515 g/mol. The van der Waals surface area contributed by atoms with Gasteiger partial charge in [-0.05, 0) is 6.42 Å². The Kier molecular flexibility index (Phi) is 56.3. The summed E-state index contributed by atoms with van der Waals surface area (Å²) in [5.74, 6) is -0.663. The molecular weight excluding hydrogens is 440 g/mol. The van der Waals surface area contributed by atoms with Gasteiger partial charge < -0.3 is 5.11 Å². The molecule has 36 heavy (non-hydrogen) atoms. The van der Waals surface area contributed by atoms with Gasteiger partial charge in [0, 0.05) is 6.42 Å². The second-order valence-corrected chi connectivity index (χ2v) is 10.5. The van der Waals surface area contributed by atoms with Crippen LogP contribution in [0.15, 0.2) is 0 Å². The molecule has 0 aliphatic carbocycles. The van der Waals surface area contributed by atoms with E-state index in [4.69, 9.17) is 5.11 Å². The molecule has 0 fully saturated rings. The molecular formula is C34H74O2. The fourth-order valence-corrected chi connectivity index (χ4v) is 3.79. The minimum atomic E-state index is -0.663. The van der Waals surface area contributed by atoms with Gasteiger partial charge in [0.1, 0.15) is 0 Å². The molecule has 0 saturated carbocycles. The van der Waals surface area contributed by atoms with E-state index in [0.717, 1.165) is 12.8 Å². The van der Waals surface area contributed by atoms with Crippen LogP contribution in [0, 0.1) is 0 Å². The zero-order valence-corrected chi connectivity index (χ0v) is 26.7. The van der Waals surface area contributed by atoms with Crippen molar-refractivity contribution < 1.29 is 9.90 Å². The van der Waals surface area contributed by atoms with E-state index in [1.54, 1.807) is 0 Å². The Morgan fingerprint density at radius 3 is 0.667 bits per heavy atom. The first-order valence-electron chi connectivity index (χ1n) is 16.7. The van der Waals surface area contributed by atoms with Crippen LogP contribution >= 0.6 is 0 Å². The van der Waals surface area contributed by atoms with Crippen molar-refractivity contribution in [3.05, 3.63) is 0 Å². The van der Waals surface area contributed by atoms with Gasteiger partial charge in [0.25, 0.3) is 0 Å². The quantitative estimate of drug-likeness (QED) is 0.138. The van der Waals surface area contributed by atoms with Crippen molar-refractivity contribution in [3.63, 3.8) is 0 Å². The molecule has 0 saturated heterocycles. The summed E-state index contributed by atoms with van der Waals surface area (Å²) in [6.07, 6.45) is 34.1. The first-order chi connectivity index (χ1) is 17.5. The van der Waals surface area contributed by atoms with Crippen LogP contribution in [0.1, 0.15) is 215 Å². The Hall–Kier alpha value is -0.530. The van der Waals surface area contributed by atoms with Gasteiger partial charge in [-0.2, -0.15) is 0 Å². The summed E-state index contributed by atoms with van der Waals surface area (Å²) in [4.78, 5) is 10.1. The number of carboxylic acid groups (broad SMARTS) is 1. The maximum atomic E-state index is 10.1. The summed E-state index contributed by atoms with van der Waals surface area (Å²) < 4.78 is 0. The van der Waals surface area contributed by atoms with Crippen LogP contribution in [-0.2, 0) is 4.79 Å². The van der Waals surface area contributed by atoms with E-state index >= 15 is 0 Å². The topological polar surface area (TPSA) is 37.3 Å². The fraction of sp³-hybridized carbons (Fsp3) is 0.971. The van der Waals surface area contributed by atoms with Crippen LogP contribution in [0.2, 0.25) is 0 Å². The highest BCUT2D eigenvalue weighted by Gasteiger charge is 1.95. The molecule has 0 atom stereocenters. The molecule has 0 aromatic rings. The normalized spacial score (nSPS) is 9.86. The summed E-state index contributed by atoms with van der Waals surface area (Å²) in [5.41, 5.74) is 0. The third-order valence-electron chi connectivity index (χ3n) is 6.37. The number of aliphatic carboxylic acids is 1. The number of carbonyl (C=O) groups is 1. The summed E-state index contributed by atoms with van der Waals surface area (Å²) in [5, 5.41) is 8.35. The van der Waals surface area contributed by atoms with Crippen LogP contribution in [0.25, 0.3) is 0 Å². The Balaban J connectivity index is -0.000000193. The van der Waals surface area contributed by atoms with E-state index in [0.29, 0.717) is 6.42 Å². The van der Waals surface area contributed by atoms with E-state index in [-0.39, 0.29) is 0 Å². The molecule has 0 spiro atoms. The summed E-state index contributed by atoms with van der Waals surface area (Å²) in [6, 6.07) is 0. The first kappa shape index (κ1) is 42.6. The van der Waals surface area contributed by atoms with Gasteiger partial charge in [-0.1, -0.05) is 203 Å². The Morgan fingerprint density at radius 1 is 0.333 bits per heavy atom. The number of rotatable bonds is 23. The van der Waals surface area contributed by atoms with Crippen molar-refractivity contribution in [1.82, 2.24) is 0 Å². The monoisotopic (exact) mass is 515 g/mol. The van der Waals surface area contributed by atoms with Crippen LogP contribution in [0.5, 0.6) is 0 Å². The molecule has 2 heteroatoms. The van der Waals surface area contributed by atoms with Gasteiger partial charge in [0.2, 0.25) is 0 Å². The maximum Gasteiger partial charge on any atom is 0.303 e. The van der Waals surface area contributed by atoms with Crippen LogP contribution in [0.3, 0.4) is 0 Å². The highest BCUT2D eigenvalue weighted by Crippen LogP contribution is 2.08. The first-order valence-corrected chi connectivity index (χ1v) is 16.7. The zero-order valence-electron chi connectivity index (χ0n) is 26.7. The molecule has 0 aromatic heterocycles. The van der Waals surface area contributed by atoms with E-state index < -0.39 is 5.97 Å². The molecule has 0 rings (SSSR count). The molecule has 0 aromatic carbocycles. The summed E-state index contributed by atoms with van der Waals surface area (Å²) >= 11 is 0. The molecule has 222 valence electrons. The summed E-state index contributed by atoms with van der Waals surface area (Å²) in [6.45, 7) is 15.7. The van der Waals surface area contributed by atoms with E-state index in [2.05, 4.69) is 48.5 Å². The SMILES string of the molecule is CCCCCCCC.CCCCCCCC.CCCCCCCC.CCCCCCCCCC(=O)O. The Labute approximate surface area is 231 Å². The number of hydrogen-bond donors (Lipinski definition) is 1. The smallest absolute Gasteiger partial charge is 0.303 e. The molecule has 0 unspecified atom stereocenters. The van der Waals surface area contributed by atoms with Crippen molar-refractivity contribution >= 4 is 5.97 Å². The number of unbranched alkanes of at least 4 members (excludes halogenated alkanes) is 21. The van der Waals surface area contributed by atoms with Gasteiger partial charge in [0.05, 0.1) is 0 Å². The lowest BCUT2D eigenvalue weighted by atomic mass is 10.1. The number of hydrogen-bond acceptors (Lipinski definition) is 1.